The first-order valence-electron chi connectivity index (χ1n) is 6.98. The molecule has 2 rings (SSSR count). The molecular formula is C15H22N2O3. The van der Waals surface area contributed by atoms with Gasteiger partial charge in [0.1, 0.15) is 5.75 Å². The summed E-state index contributed by atoms with van der Waals surface area (Å²) >= 11 is 0. The maximum atomic E-state index is 11.7. The van der Waals surface area contributed by atoms with Gasteiger partial charge in [0, 0.05) is 17.5 Å². The standard InChI is InChI=1S/C15H22N2O3/c1-10(2)8-20-17-15(18)16-11(3)13-9-19-14-7-5-4-6-12(13)14/h4-7,10-11,13H,8-9H2,1-3H3,(H2,16,17,18)/t11-,13-/m1/s1. The molecule has 0 radical (unpaired) electrons. The van der Waals surface area contributed by atoms with Gasteiger partial charge in [0.25, 0.3) is 0 Å². The first kappa shape index (κ1) is 14.7. The van der Waals surface area contributed by atoms with Gasteiger partial charge in [-0.15, -0.1) is 0 Å². The highest BCUT2D eigenvalue weighted by Crippen LogP contribution is 2.35. The molecule has 0 fully saturated rings. The van der Waals surface area contributed by atoms with E-state index < -0.39 is 0 Å². The molecule has 5 heteroatoms. The van der Waals surface area contributed by atoms with Gasteiger partial charge in [0.2, 0.25) is 0 Å². The maximum absolute atomic E-state index is 11.7. The fourth-order valence-electron chi connectivity index (χ4n) is 2.21. The van der Waals surface area contributed by atoms with E-state index in [1.165, 1.54) is 0 Å². The fourth-order valence-corrected chi connectivity index (χ4v) is 2.21. The van der Waals surface area contributed by atoms with Crippen molar-refractivity contribution < 1.29 is 14.4 Å². The lowest BCUT2D eigenvalue weighted by atomic mass is 9.95. The highest BCUT2D eigenvalue weighted by molar-refractivity contribution is 5.73. The number of benzene rings is 1. The van der Waals surface area contributed by atoms with Crippen LogP contribution in [0.3, 0.4) is 0 Å². The molecule has 0 aromatic heterocycles. The van der Waals surface area contributed by atoms with Gasteiger partial charge in [-0.1, -0.05) is 32.0 Å². The smallest absolute Gasteiger partial charge is 0.338 e. The number of hydrogen-bond donors (Lipinski definition) is 2. The summed E-state index contributed by atoms with van der Waals surface area (Å²) < 4.78 is 5.62. The molecule has 2 atom stereocenters. The number of hydrogen-bond acceptors (Lipinski definition) is 3. The average molecular weight is 278 g/mol. The number of carbonyl (C=O) groups is 1. The van der Waals surface area contributed by atoms with Gasteiger partial charge in [0.15, 0.2) is 0 Å². The van der Waals surface area contributed by atoms with E-state index in [9.17, 15) is 4.79 Å². The van der Waals surface area contributed by atoms with Crippen LogP contribution in [-0.2, 0) is 4.84 Å². The van der Waals surface area contributed by atoms with Gasteiger partial charge in [-0.3, -0.25) is 4.84 Å². The molecule has 1 aromatic rings. The SMILES string of the molecule is CC(C)CONC(=O)N[C@H](C)[C@H]1COc2ccccc21. The Hall–Kier alpha value is -1.75. The van der Waals surface area contributed by atoms with Crippen LogP contribution in [0.1, 0.15) is 32.3 Å². The molecular weight excluding hydrogens is 256 g/mol. The average Bonchev–Trinajstić information content (AvgIpc) is 2.82. The second-order valence-corrected chi connectivity index (χ2v) is 5.52. The molecule has 2 amide bonds. The Labute approximate surface area is 119 Å². The number of carbonyl (C=O) groups excluding carboxylic acids is 1. The number of urea groups is 1. The van der Waals surface area contributed by atoms with Gasteiger partial charge in [0.05, 0.1) is 13.2 Å². The van der Waals surface area contributed by atoms with E-state index in [4.69, 9.17) is 9.57 Å². The molecule has 0 saturated heterocycles. The Morgan fingerprint density at radius 3 is 2.90 bits per heavy atom. The number of amides is 2. The summed E-state index contributed by atoms with van der Waals surface area (Å²) in [4.78, 5) is 16.8. The molecule has 0 unspecified atom stereocenters. The summed E-state index contributed by atoms with van der Waals surface area (Å²) in [7, 11) is 0. The van der Waals surface area contributed by atoms with Crippen LogP contribution >= 0.6 is 0 Å². The van der Waals surface area contributed by atoms with Gasteiger partial charge in [-0.25, -0.2) is 10.3 Å². The third-order valence-corrected chi connectivity index (χ3v) is 3.28. The van der Waals surface area contributed by atoms with Crippen molar-refractivity contribution in [2.45, 2.75) is 32.7 Å². The van der Waals surface area contributed by atoms with Gasteiger partial charge >= 0.3 is 6.03 Å². The van der Waals surface area contributed by atoms with Crippen molar-refractivity contribution >= 4 is 6.03 Å². The van der Waals surface area contributed by atoms with Crippen LogP contribution in [0.4, 0.5) is 4.79 Å². The molecule has 2 N–H and O–H groups in total. The summed E-state index contributed by atoms with van der Waals surface area (Å²) in [6.07, 6.45) is 0. The minimum absolute atomic E-state index is 0.0266. The Kier molecular flexibility index (Phi) is 4.84. The second-order valence-electron chi connectivity index (χ2n) is 5.52. The quantitative estimate of drug-likeness (QED) is 0.813. The number of ether oxygens (including phenoxy) is 1. The zero-order chi connectivity index (χ0) is 14.5. The lowest BCUT2D eigenvalue weighted by molar-refractivity contribution is 0.0430. The van der Waals surface area contributed by atoms with Crippen LogP contribution in [0.15, 0.2) is 24.3 Å². The Bertz CT molecular complexity index is 462. The van der Waals surface area contributed by atoms with E-state index in [1.54, 1.807) is 0 Å². The molecule has 110 valence electrons. The van der Waals surface area contributed by atoms with Crippen LogP contribution in [0.2, 0.25) is 0 Å². The van der Waals surface area contributed by atoms with E-state index in [2.05, 4.69) is 10.8 Å². The highest BCUT2D eigenvalue weighted by atomic mass is 16.7. The predicted octanol–water partition coefficient (Wildman–Crippen LogP) is 2.44. The van der Waals surface area contributed by atoms with E-state index in [0.29, 0.717) is 19.1 Å². The first-order chi connectivity index (χ1) is 9.58. The largest absolute Gasteiger partial charge is 0.493 e. The normalized spacial score (nSPS) is 18.3. The van der Waals surface area contributed by atoms with Crippen molar-refractivity contribution in [3.8, 4) is 5.75 Å². The van der Waals surface area contributed by atoms with Crippen molar-refractivity contribution in [3.63, 3.8) is 0 Å². The summed E-state index contributed by atoms with van der Waals surface area (Å²) in [5.74, 6) is 1.45. The highest BCUT2D eigenvalue weighted by Gasteiger charge is 2.29. The van der Waals surface area contributed by atoms with E-state index in [0.717, 1.165) is 11.3 Å². The molecule has 0 spiro atoms. The number of fused-ring (bicyclic) bond motifs is 1. The van der Waals surface area contributed by atoms with Crippen molar-refractivity contribution in [3.05, 3.63) is 29.8 Å². The zero-order valence-electron chi connectivity index (χ0n) is 12.2. The lowest BCUT2D eigenvalue weighted by Gasteiger charge is -2.20. The van der Waals surface area contributed by atoms with Gasteiger partial charge < -0.3 is 10.1 Å². The Morgan fingerprint density at radius 1 is 1.40 bits per heavy atom. The maximum Gasteiger partial charge on any atom is 0.338 e. The monoisotopic (exact) mass is 278 g/mol. The molecule has 0 saturated carbocycles. The summed E-state index contributed by atoms with van der Waals surface area (Å²) in [5.41, 5.74) is 3.54. The van der Waals surface area contributed by atoms with Gasteiger partial charge in [-0.05, 0) is 18.9 Å². The Morgan fingerprint density at radius 2 is 2.15 bits per heavy atom. The van der Waals surface area contributed by atoms with Crippen molar-refractivity contribution in [2.24, 2.45) is 5.92 Å². The van der Waals surface area contributed by atoms with E-state index >= 15 is 0 Å². The predicted molar refractivity (Wildman–Crippen MR) is 76.6 cm³/mol. The third-order valence-electron chi connectivity index (χ3n) is 3.28. The van der Waals surface area contributed by atoms with Crippen molar-refractivity contribution in [1.29, 1.82) is 0 Å². The summed E-state index contributed by atoms with van der Waals surface area (Å²) in [6.45, 7) is 7.10. The number of rotatable bonds is 5. The van der Waals surface area contributed by atoms with Crippen molar-refractivity contribution in [2.75, 3.05) is 13.2 Å². The van der Waals surface area contributed by atoms with Crippen LogP contribution < -0.4 is 15.5 Å². The minimum atomic E-state index is -0.317. The van der Waals surface area contributed by atoms with Crippen LogP contribution in [0, 0.1) is 5.92 Å². The van der Waals surface area contributed by atoms with Crippen molar-refractivity contribution in [1.82, 2.24) is 10.8 Å². The topological polar surface area (TPSA) is 59.6 Å². The number of para-hydroxylation sites is 1. The zero-order valence-corrected chi connectivity index (χ0v) is 12.2. The molecule has 0 bridgehead atoms. The molecule has 20 heavy (non-hydrogen) atoms. The molecule has 1 aliphatic heterocycles. The van der Waals surface area contributed by atoms with E-state index in [1.807, 2.05) is 45.0 Å². The first-order valence-corrected chi connectivity index (χ1v) is 6.98. The molecule has 1 aliphatic rings. The molecule has 5 nitrogen and oxygen atoms in total. The summed E-state index contributed by atoms with van der Waals surface area (Å²) in [6, 6.07) is 7.58. The van der Waals surface area contributed by atoms with Crippen LogP contribution in [0.25, 0.3) is 0 Å². The van der Waals surface area contributed by atoms with Crippen LogP contribution in [-0.4, -0.2) is 25.3 Å². The molecule has 1 heterocycles. The number of nitrogens with one attached hydrogen (secondary N) is 2. The molecule has 0 aliphatic carbocycles. The van der Waals surface area contributed by atoms with Crippen LogP contribution in [0.5, 0.6) is 5.75 Å². The van der Waals surface area contributed by atoms with E-state index in [-0.39, 0.29) is 18.0 Å². The lowest BCUT2D eigenvalue weighted by Crippen LogP contribution is -2.44. The number of hydroxylamine groups is 1. The minimum Gasteiger partial charge on any atom is -0.493 e. The third kappa shape index (κ3) is 3.63. The Balaban J connectivity index is 1.84. The van der Waals surface area contributed by atoms with Gasteiger partial charge in [-0.2, -0.15) is 0 Å². The second kappa shape index (κ2) is 6.61. The fraction of sp³-hybridized carbons (Fsp3) is 0.533. The molecule has 1 aromatic carbocycles. The summed E-state index contributed by atoms with van der Waals surface area (Å²) in [5, 5.41) is 2.88.